The monoisotopic (exact) mass is 267 g/mol. The van der Waals surface area contributed by atoms with Gasteiger partial charge in [0.1, 0.15) is 4.90 Å². The van der Waals surface area contributed by atoms with Gasteiger partial charge in [-0.2, -0.15) is 8.42 Å². The Morgan fingerprint density at radius 2 is 1.83 bits per heavy atom. The molecule has 6 nitrogen and oxygen atoms in total. The van der Waals surface area contributed by atoms with Crippen LogP contribution in [-0.4, -0.2) is 24.0 Å². The van der Waals surface area contributed by atoms with Gasteiger partial charge in [0.25, 0.3) is 10.1 Å². The molecular weight excluding hydrogens is 258 g/mol. The minimum Gasteiger partial charge on any atom is -0.478 e. The highest BCUT2D eigenvalue weighted by atomic mass is 32.2. The van der Waals surface area contributed by atoms with Crippen molar-refractivity contribution >= 4 is 32.5 Å². The first-order valence-corrected chi connectivity index (χ1v) is 6.28. The van der Waals surface area contributed by atoms with Crippen molar-refractivity contribution in [3.05, 3.63) is 35.9 Å². The zero-order valence-corrected chi connectivity index (χ0v) is 9.81. The molecule has 0 saturated carbocycles. The summed E-state index contributed by atoms with van der Waals surface area (Å²) in [6, 6.07) is 6.48. The maximum atomic E-state index is 11.2. The average Bonchev–Trinajstić information content (AvgIpc) is 2.27. The van der Waals surface area contributed by atoms with Gasteiger partial charge in [-0.25, -0.2) is 4.79 Å². The quantitative estimate of drug-likeness (QED) is 0.558. The van der Waals surface area contributed by atoms with E-state index in [1.54, 1.807) is 0 Å². The third-order valence-corrected chi connectivity index (χ3v) is 3.45. The molecule has 18 heavy (non-hydrogen) atoms. The van der Waals surface area contributed by atoms with E-state index < -0.39 is 16.1 Å². The third kappa shape index (κ3) is 1.89. The average molecular weight is 267 g/mol. The molecule has 4 N–H and O–H groups in total. The van der Waals surface area contributed by atoms with Crippen LogP contribution in [0, 0.1) is 0 Å². The first-order valence-electron chi connectivity index (χ1n) is 4.84. The van der Waals surface area contributed by atoms with E-state index in [4.69, 9.17) is 15.4 Å². The highest BCUT2D eigenvalue weighted by Gasteiger charge is 2.18. The molecule has 0 bridgehead atoms. The summed E-state index contributed by atoms with van der Waals surface area (Å²) in [5.74, 6) is -1.22. The van der Waals surface area contributed by atoms with Gasteiger partial charge in [-0.1, -0.05) is 12.1 Å². The number of benzene rings is 2. The topological polar surface area (TPSA) is 118 Å². The molecule has 0 aromatic heterocycles. The van der Waals surface area contributed by atoms with E-state index in [9.17, 15) is 13.2 Å². The molecule has 0 fully saturated rings. The second kappa shape index (κ2) is 3.97. The van der Waals surface area contributed by atoms with Gasteiger partial charge < -0.3 is 10.8 Å². The minimum absolute atomic E-state index is 0.0809. The predicted octanol–water partition coefficient (Wildman–Crippen LogP) is 1.37. The molecule has 94 valence electrons. The highest BCUT2D eigenvalue weighted by Crippen LogP contribution is 2.30. The number of hydrogen-bond acceptors (Lipinski definition) is 4. The second-order valence-electron chi connectivity index (χ2n) is 3.66. The van der Waals surface area contributed by atoms with E-state index in [-0.39, 0.29) is 26.9 Å². The van der Waals surface area contributed by atoms with Crippen LogP contribution in [0.5, 0.6) is 0 Å². The van der Waals surface area contributed by atoms with Crippen molar-refractivity contribution in [1.82, 2.24) is 0 Å². The lowest BCUT2D eigenvalue weighted by atomic mass is 10.0. The Morgan fingerprint density at radius 3 is 2.39 bits per heavy atom. The number of aromatic carboxylic acids is 1. The van der Waals surface area contributed by atoms with E-state index in [0.717, 1.165) is 6.07 Å². The van der Waals surface area contributed by atoms with Crippen molar-refractivity contribution in [2.75, 3.05) is 5.73 Å². The number of rotatable bonds is 2. The molecule has 0 atom stereocenters. The van der Waals surface area contributed by atoms with Gasteiger partial charge in [-0.15, -0.1) is 0 Å². The van der Waals surface area contributed by atoms with Crippen LogP contribution in [0.4, 0.5) is 5.69 Å². The van der Waals surface area contributed by atoms with Crippen molar-refractivity contribution in [3.8, 4) is 0 Å². The zero-order chi connectivity index (χ0) is 13.5. The van der Waals surface area contributed by atoms with E-state index in [1.807, 2.05) is 0 Å². The summed E-state index contributed by atoms with van der Waals surface area (Å²) in [6.07, 6.45) is 0. The van der Waals surface area contributed by atoms with Gasteiger partial charge in [0.15, 0.2) is 0 Å². The van der Waals surface area contributed by atoms with Crippen LogP contribution in [0.2, 0.25) is 0 Å². The summed E-state index contributed by atoms with van der Waals surface area (Å²) in [6.45, 7) is 0. The van der Waals surface area contributed by atoms with Crippen molar-refractivity contribution < 1.29 is 22.9 Å². The van der Waals surface area contributed by atoms with Gasteiger partial charge in [-0.05, 0) is 18.2 Å². The summed E-state index contributed by atoms with van der Waals surface area (Å²) in [5.41, 5.74) is 5.69. The van der Waals surface area contributed by atoms with Gasteiger partial charge in [-0.3, -0.25) is 4.55 Å². The Bertz CT molecular complexity index is 751. The summed E-state index contributed by atoms with van der Waals surface area (Å²) in [7, 11) is -4.44. The summed E-state index contributed by atoms with van der Waals surface area (Å²) in [5, 5.41) is 9.21. The minimum atomic E-state index is -4.44. The van der Waals surface area contributed by atoms with E-state index in [2.05, 4.69) is 0 Å². The Morgan fingerprint density at radius 1 is 1.17 bits per heavy atom. The molecule has 2 aromatic carbocycles. The summed E-state index contributed by atoms with van der Waals surface area (Å²) in [4.78, 5) is 10.7. The van der Waals surface area contributed by atoms with Crippen LogP contribution in [-0.2, 0) is 10.1 Å². The second-order valence-corrected chi connectivity index (χ2v) is 5.05. The number of hydrogen-bond donors (Lipinski definition) is 3. The lowest BCUT2D eigenvalue weighted by molar-refractivity contribution is 0.0699. The molecule has 2 rings (SSSR count). The lowest BCUT2D eigenvalue weighted by Gasteiger charge is -2.09. The molecule has 0 spiro atoms. The van der Waals surface area contributed by atoms with Gasteiger partial charge in [0, 0.05) is 16.5 Å². The number of anilines is 1. The van der Waals surface area contributed by atoms with Gasteiger partial charge in [0.05, 0.1) is 5.56 Å². The molecule has 0 unspecified atom stereocenters. The molecule has 0 radical (unpaired) electrons. The highest BCUT2D eigenvalue weighted by molar-refractivity contribution is 7.86. The fraction of sp³-hybridized carbons (Fsp3) is 0. The molecule has 0 aliphatic rings. The fourth-order valence-corrected chi connectivity index (χ4v) is 2.50. The molecular formula is C11H9NO5S. The van der Waals surface area contributed by atoms with Crippen molar-refractivity contribution in [3.63, 3.8) is 0 Å². The molecule has 0 amide bonds. The summed E-state index contributed by atoms with van der Waals surface area (Å²) < 4.78 is 31.5. The number of nitrogen functional groups attached to an aromatic ring is 1. The number of fused-ring (bicyclic) bond motifs is 1. The molecule has 0 saturated heterocycles. The van der Waals surface area contributed by atoms with Crippen molar-refractivity contribution in [2.24, 2.45) is 0 Å². The Kier molecular flexibility index (Phi) is 2.72. The standard InChI is InChI=1S/C11H9NO5S/c12-8-4-5-9(18(15,16)17)6-2-1-3-7(10(6)8)11(13)14/h1-5H,12H2,(H,13,14)(H,15,16,17). The largest absolute Gasteiger partial charge is 0.478 e. The normalized spacial score (nSPS) is 11.6. The third-order valence-electron chi connectivity index (χ3n) is 2.54. The van der Waals surface area contributed by atoms with Crippen LogP contribution in [0.3, 0.4) is 0 Å². The van der Waals surface area contributed by atoms with E-state index in [1.165, 1.54) is 24.3 Å². The van der Waals surface area contributed by atoms with Crippen LogP contribution in [0.1, 0.15) is 10.4 Å². The van der Waals surface area contributed by atoms with Crippen LogP contribution in [0.15, 0.2) is 35.2 Å². The molecule has 0 heterocycles. The number of carboxylic acid groups (broad SMARTS) is 1. The molecule has 0 aliphatic heterocycles. The first-order chi connectivity index (χ1) is 8.32. The number of nitrogens with two attached hydrogens (primary N) is 1. The molecule has 7 heteroatoms. The maximum Gasteiger partial charge on any atom is 0.336 e. The van der Waals surface area contributed by atoms with E-state index in [0.29, 0.717) is 0 Å². The Labute approximate surface area is 102 Å². The Hall–Kier alpha value is -2.12. The fourth-order valence-electron chi connectivity index (χ4n) is 1.81. The van der Waals surface area contributed by atoms with Crippen LogP contribution in [0.25, 0.3) is 10.8 Å². The zero-order valence-electron chi connectivity index (χ0n) is 8.99. The number of carbonyl (C=O) groups is 1. The summed E-state index contributed by atoms with van der Waals surface area (Å²) >= 11 is 0. The van der Waals surface area contributed by atoms with Crippen molar-refractivity contribution in [2.45, 2.75) is 4.90 Å². The maximum absolute atomic E-state index is 11.2. The van der Waals surface area contributed by atoms with Crippen LogP contribution < -0.4 is 5.73 Å². The number of carboxylic acids is 1. The van der Waals surface area contributed by atoms with E-state index >= 15 is 0 Å². The lowest BCUT2D eigenvalue weighted by Crippen LogP contribution is -2.04. The smallest absolute Gasteiger partial charge is 0.336 e. The van der Waals surface area contributed by atoms with Crippen LogP contribution >= 0.6 is 0 Å². The molecule has 2 aromatic rings. The van der Waals surface area contributed by atoms with Gasteiger partial charge in [0.2, 0.25) is 0 Å². The first kappa shape index (κ1) is 12.3. The Balaban J connectivity index is 3.02. The van der Waals surface area contributed by atoms with Gasteiger partial charge >= 0.3 is 5.97 Å². The SMILES string of the molecule is Nc1ccc(S(=O)(=O)O)c2cccc(C(=O)O)c12. The van der Waals surface area contributed by atoms with Crippen molar-refractivity contribution in [1.29, 1.82) is 0 Å². The predicted molar refractivity (Wildman–Crippen MR) is 65.1 cm³/mol. The molecule has 0 aliphatic carbocycles.